The van der Waals surface area contributed by atoms with Crippen LogP contribution in [0.5, 0.6) is 5.75 Å². The van der Waals surface area contributed by atoms with Crippen LogP contribution in [-0.2, 0) is 4.79 Å². The van der Waals surface area contributed by atoms with Gasteiger partial charge >= 0.3 is 0 Å². The number of carbonyl (C=O) groups excluding carboxylic acids is 1. The first kappa shape index (κ1) is 16.5. The van der Waals surface area contributed by atoms with E-state index in [4.69, 9.17) is 10.5 Å². The summed E-state index contributed by atoms with van der Waals surface area (Å²) in [5.74, 6) is 0.960. The molecule has 0 spiro atoms. The monoisotopic (exact) mass is 278 g/mol. The molecule has 4 nitrogen and oxygen atoms in total. The number of nitrogens with one attached hydrogen (secondary N) is 1. The van der Waals surface area contributed by atoms with Crippen LogP contribution in [0.2, 0.25) is 0 Å². The maximum Gasteiger partial charge on any atom is 0.234 e. The lowest BCUT2D eigenvalue weighted by atomic mass is 10.0. The summed E-state index contributed by atoms with van der Waals surface area (Å²) in [6.07, 6.45) is 0.569. The van der Waals surface area contributed by atoms with E-state index in [0.717, 1.165) is 5.75 Å². The van der Waals surface area contributed by atoms with Gasteiger partial charge in [-0.2, -0.15) is 0 Å². The second-order valence-electron chi connectivity index (χ2n) is 5.61. The molecule has 4 heteroatoms. The van der Waals surface area contributed by atoms with Crippen LogP contribution in [-0.4, -0.2) is 24.6 Å². The molecule has 1 unspecified atom stereocenters. The minimum absolute atomic E-state index is 0.218. The van der Waals surface area contributed by atoms with Gasteiger partial charge in [0.15, 0.2) is 0 Å². The number of hydrogen-bond acceptors (Lipinski definition) is 3. The molecule has 1 aromatic carbocycles. The first-order valence-corrected chi connectivity index (χ1v) is 7.19. The highest BCUT2D eigenvalue weighted by Crippen LogP contribution is 2.25. The molecule has 20 heavy (non-hydrogen) atoms. The van der Waals surface area contributed by atoms with Crippen LogP contribution in [0.25, 0.3) is 0 Å². The van der Waals surface area contributed by atoms with E-state index in [1.165, 1.54) is 5.56 Å². The molecule has 1 aromatic rings. The van der Waals surface area contributed by atoms with Crippen LogP contribution < -0.4 is 15.8 Å². The summed E-state index contributed by atoms with van der Waals surface area (Å²) in [4.78, 5) is 11.4. The highest BCUT2D eigenvalue weighted by atomic mass is 16.5. The molecule has 1 atom stereocenters. The first-order valence-electron chi connectivity index (χ1n) is 7.19. The van der Waals surface area contributed by atoms with E-state index in [-0.39, 0.29) is 18.0 Å². The Labute approximate surface area is 121 Å². The van der Waals surface area contributed by atoms with E-state index >= 15 is 0 Å². The number of rotatable bonds is 8. The second kappa shape index (κ2) is 7.90. The van der Waals surface area contributed by atoms with Crippen LogP contribution >= 0.6 is 0 Å². The van der Waals surface area contributed by atoms with Crippen LogP contribution in [0.1, 0.15) is 45.6 Å². The third-order valence-corrected chi connectivity index (χ3v) is 3.08. The predicted molar refractivity (Wildman–Crippen MR) is 81.9 cm³/mol. The molecule has 1 rings (SSSR count). The number of hydrogen-bond donors (Lipinski definition) is 2. The van der Waals surface area contributed by atoms with Crippen molar-refractivity contribution in [2.24, 2.45) is 5.73 Å². The molecule has 0 bridgehead atoms. The van der Waals surface area contributed by atoms with Gasteiger partial charge in [0, 0.05) is 12.5 Å². The van der Waals surface area contributed by atoms with Gasteiger partial charge in [-0.1, -0.05) is 45.9 Å². The summed E-state index contributed by atoms with van der Waals surface area (Å²) in [6.45, 7) is 8.72. The Bertz CT molecular complexity index is 430. The zero-order valence-corrected chi connectivity index (χ0v) is 12.8. The molecule has 0 heterocycles. The van der Waals surface area contributed by atoms with Gasteiger partial charge in [0.1, 0.15) is 5.75 Å². The van der Waals surface area contributed by atoms with Crippen molar-refractivity contribution < 1.29 is 9.53 Å². The second-order valence-corrected chi connectivity index (χ2v) is 5.61. The zero-order chi connectivity index (χ0) is 15.1. The van der Waals surface area contributed by atoms with E-state index < -0.39 is 0 Å². The van der Waals surface area contributed by atoms with E-state index in [1.54, 1.807) is 0 Å². The maximum absolute atomic E-state index is 11.4. The maximum atomic E-state index is 11.4. The van der Waals surface area contributed by atoms with Crippen molar-refractivity contribution in [2.75, 3.05) is 6.61 Å². The normalized spacial score (nSPS) is 12.7. The van der Waals surface area contributed by atoms with Gasteiger partial charge in [-0.25, -0.2) is 0 Å². The molecule has 0 saturated heterocycles. The average Bonchev–Trinajstić information content (AvgIpc) is 2.37. The molecule has 112 valence electrons. The van der Waals surface area contributed by atoms with Crippen molar-refractivity contribution in [3.63, 3.8) is 0 Å². The van der Waals surface area contributed by atoms with Crippen molar-refractivity contribution in [1.29, 1.82) is 0 Å². The Morgan fingerprint density at radius 1 is 1.25 bits per heavy atom. The van der Waals surface area contributed by atoms with Gasteiger partial charge in [0.05, 0.1) is 12.6 Å². The molecule has 1 amide bonds. The number of primary amides is 1. The number of ether oxygens (including phenoxy) is 1. The zero-order valence-electron chi connectivity index (χ0n) is 12.8. The van der Waals surface area contributed by atoms with Crippen molar-refractivity contribution >= 4 is 5.91 Å². The Hall–Kier alpha value is -1.55. The average molecular weight is 278 g/mol. The fourth-order valence-corrected chi connectivity index (χ4v) is 2.09. The van der Waals surface area contributed by atoms with Crippen molar-refractivity contribution in [3.05, 3.63) is 29.8 Å². The van der Waals surface area contributed by atoms with Crippen LogP contribution in [0, 0.1) is 0 Å². The Balaban J connectivity index is 2.57. The molecular formula is C16H26N2O2. The van der Waals surface area contributed by atoms with Crippen LogP contribution in [0.3, 0.4) is 0 Å². The Kier molecular flexibility index (Phi) is 6.52. The fourth-order valence-electron chi connectivity index (χ4n) is 2.09. The van der Waals surface area contributed by atoms with Crippen molar-refractivity contribution in [3.8, 4) is 5.75 Å². The molecule has 0 saturated carbocycles. The number of benzene rings is 1. The van der Waals surface area contributed by atoms with E-state index in [2.05, 4.69) is 25.2 Å². The largest absolute Gasteiger partial charge is 0.493 e. The summed E-state index contributed by atoms with van der Waals surface area (Å²) >= 11 is 0. The topological polar surface area (TPSA) is 64.3 Å². The molecule has 3 N–H and O–H groups in total. The fraction of sp³-hybridized carbons (Fsp3) is 0.562. The number of amides is 1. The number of carbonyl (C=O) groups is 1. The van der Waals surface area contributed by atoms with Crippen molar-refractivity contribution in [1.82, 2.24) is 5.32 Å². The van der Waals surface area contributed by atoms with Gasteiger partial charge in [0.2, 0.25) is 5.91 Å². The van der Waals surface area contributed by atoms with Crippen LogP contribution in [0.4, 0.5) is 0 Å². The Morgan fingerprint density at radius 2 is 1.90 bits per heavy atom. The molecular weight excluding hydrogens is 252 g/mol. The standard InChI is InChI=1S/C16H26N2O2/c1-11(2)13-7-5-6-8-15(13)20-10-9-14(16(17)19)18-12(3)4/h5-8,11-12,14,18H,9-10H2,1-4H3,(H2,17,19). The molecule has 0 radical (unpaired) electrons. The number of para-hydroxylation sites is 1. The van der Waals surface area contributed by atoms with E-state index in [1.807, 2.05) is 32.0 Å². The third kappa shape index (κ3) is 5.21. The van der Waals surface area contributed by atoms with Crippen LogP contribution in [0.15, 0.2) is 24.3 Å². The highest BCUT2D eigenvalue weighted by Gasteiger charge is 2.16. The van der Waals surface area contributed by atoms with Gasteiger partial charge in [-0.15, -0.1) is 0 Å². The van der Waals surface area contributed by atoms with E-state index in [0.29, 0.717) is 18.9 Å². The van der Waals surface area contributed by atoms with Gasteiger partial charge in [0.25, 0.3) is 0 Å². The quantitative estimate of drug-likeness (QED) is 0.767. The minimum Gasteiger partial charge on any atom is -0.493 e. The predicted octanol–water partition coefficient (Wildman–Crippen LogP) is 2.43. The van der Waals surface area contributed by atoms with Gasteiger partial charge < -0.3 is 15.8 Å². The molecule has 0 aliphatic carbocycles. The lowest BCUT2D eigenvalue weighted by Gasteiger charge is -2.19. The lowest BCUT2D eigenvalue weighted by Crippen LogP contribution is -2.45. The summed E-state index contributed by atoms with van der Waals surface area (Å²) in [7, 11) is 0. The summed E-state index contributed by atoms with van der Waals surface area (Å²) in [6, 6.07) is 7.87. The minimum atomic E-state index is -0.346. The molecule has 0 aliphatic heterocycles. The molecule has 0 fully saturated rings. The number of nitrogens with two attached hydrogens (primary N) is 1. The van der Waals surface area contributed by atoms with Gasteiger partial charge in [-0.3, -0.25) is 4.79 Å². The Morgan fingerprint density at radius 3 is 2.45 bits per heavy atom. The molecule has 0 aromatic heterocycles. The summed E-state index contributed by atoms with van der Waals surface area (Å²) in [5.41, 5.74) is 6.57. The first-order chi connectivity index (χ1) is 9.41. The highest BCUT2D eigenvalue weighted by molar-refractivity contribution is 5.79. The smallest absolute Gasteiger partial charge is 0.234 e. The van der Waals surface area contributed by atoms with E-state index in [9.17, 15) is 4.79 Å². The van der Waals surface area contributed by atoms with Gasteiger partial charge in [-0.05, 0) is 17.5 Å². The lowest BCUT2D eigenvalue weighted by molar-refractivity contribution is -0.120. The SMILES string of the molecule is CC(C)NC(CCOc1ccccc1C(C)C)C(N)=O. The summed E-state index contributed by atoms with van der Waals surface area (Å²) in [5, 5.41) is 3.15. The summed E-state index contributed by atoms with van der Waals surface area (Å²) < 4.78 is 5.81. The van der Waals surface area contributed by atoms with Crippen molar-refractivity contribution in [2.45, 2.75) is 52.1 Å². The third-order valence-electron chi connectivity index (χ3n) is 3.08. The molecule has 0 aliphatic rings.